The standard InChI is InChI=1S/C14H12BrN5/c1-7-2-3-18-5-9(7)13-12(15)8-4-11(16)19-6-10(8)14(17)20-13/h2-6H,1H3,(H2,16,19)(H2,17,20). The van der Waals surface area contributed by atoms with E-state index in [0.29, 0.717) is 11.6 Å². The van der Waals surface area contributed by atoms with Crippen LogP contribution in [0.1, 0.15) is 5.56 Å². The van der Waals surface area contributed by atoms with E-state index in [0.717, 1.165) is 32.1 Å². The van der Waals surface area contributed by atoms with Crippen molar-refractivity contribution in [3.63, 3.8) is 0 Å². The number of hydrogen-bond acceptors (Lipinski definition) is 5. The van der Waals surface area contributed by atoms with Crippen LogP contribution in [0.4, 0.5) is 11.6 Å². The molecule has 100 valence electrons. The number of nitrogens with zero attached hydrogens (tertiary/aromatic N) is 3. The number of halogens is 1. The lowest BCUT2D eigenvalue weighted by Gasteiger charge is -2.11. The van der Waals surface area contributed by atoms with Crippen LogP contribution in [0.2, 0.25) is 0 Å². The molecule has 0 bridgehead atoms. The van der Waals surface area contributed by atoms with Crippen LogP contribution in [0, 0.1) is 6.92 Å². The molecule has 3 aromatic heterocycles. The van der Waals surface area contributed by atoms with Gasteiger partial charge in [-0.1, -0.05) is 0 Å². The molecule has 20 heavy (non-hydrogen) atoms. The summed E-state index contributed by atoms with van der Waals surface area (Å²) in [4.78, 5) is 12.7. The number of pyridine rings is 3. The lowest BCUT2D eigenvalue weighted by Crippen LogP contribution is -1.99. The number of aromatic nitrogens is 3. The first-order chi connectivity index (χ1) is 9.58. The minimum atomic E-state index is 0.425. The van der Waals surface area contributed by atoms with E-state index in [4.69, 9.17) is 11.5 Å². The summed E-state index contributed by atoms with van der Waals surface area (Å²) in [5, 5.41) is 1.67. The van der Waals surface area contributed by atoms with Crippen LogP contribution in [-0.2, 0) is 0 Å². The average Bonchev–Trinajstić information content (AvgIpc) is 2.43. The third-order valence-corrected chi connectivity index (χ3v) is 3.97. The normalized spacial score (nSPS) is 10.9. The molecular weight excluding hydrogens is 318 g/mol. The molecule has 0 aliphatic carbocycles. The molecule has 6 heteroatoms. The predicted octanol–water partition coefficient (Wildman–Crippen LogP) is 2.93. The van der Waals surface area contributed by atoms with E-state index in [-0.39, 0.29) is 0 Å². The molecule has 4 N–H and O–H groups in total. The summed E-state index contributed by atoms with van der Waals surface area (Å²) in [6.45, 7) is 2.01. The Morgan fingerprint density at radius 1 is 1.15 bits per heavy atom. The van der Waals surface area contributed by atoms with Crippen LogP contribution in [0.15, 0.2) is 35.2 Å². The summed E-state index contributed by atoms with van der Waals surface area (Å²) in [6, 6.07) is 3.72. The molecule has 0 saturated carbocycles. The fourth-order valence-corrected chi connectivity index (χ4v) is 2.74. The van der Waals surface area contributed by atoms with Crippen LogP contribution in [0.5, 0.6) is 0 Å². The highest BCUT2D eigenvalue weighted by Gasteiger charge is 2.14. The third kappa shape index (κ3) is 1.98. The number of nitrogen functional groups attached to an aromatic ring is 2. The van der Waals surface area contributed by atoms with Gasteiger partial charge in [-0.2, -0.15) is 0 Å². The largest absolute Gasteiger partial charge is 0.384 e. The van der Waals surface area contributed by atoms with E-state index in [1.807, 2.05) is 13.0 Å². The average molecular weight is 330 g/mol. The Balaban J connectivity index is 2.38. The molecule has 0 saturated heterocycles. The van der Waals surface area contributed by atoms with Gasteiger partial charge in [-0.25, -0.2) is 9.97 Å². The number of aryl methyl sites for hydroxylation is 1. The Morgan fingerprint density at radius 2 is 1.95 bits per heavy atom. The predicted molar refractivity (Wildman–Crippen MR) is 84.0 cm³/mol. The highest BCUT2D eigenvalue weighted by atomic mass is 79.9. The van der Waals surface area contributed by atoms with E-state index in [2.05, 4.69) is 30.9 Å². The Kier molecular flexibility index (Phi) is 3.02. The highest BCUT2D eigenvalue weighted by Crippen LogP contribution is 2.36. The zero-order valence-electron chi connectivity index (χ0n) is 10.8. The van der Waals surface area contributed by atoms with Gasteiger partial charge in [0.15, 0.2) is 0 Å². The molecule has 0 aliphatic heterocycles. The first-order valence-corrected chi connectivity index (χ1v) is 6.78. The molecule has 0 spiro atoms. The molecule has 0 fully saturated rings. The Morgan fingerprint density at radius 3 is 2.70 bits per heavy atom. The number of hydrogen-bond donors (Lipinski definition) is 2. The second kappa shape index (κ2) is 4.72. The maximum absolute atomic E-state index is 6.03. The van der Waals surface area contributed by atoms with Crippen LogP contribution < -0.4 is 11.5 Å². The van der Waals surface area contributed by atoms with Gasteiger partial charge in [0.2, 0.25) is 0 Å². The molecule has 3 heterocycles. The SMILES string of the molecule is Cc1ccncc1-c1nc(N)c2cnc(N)cc2c1Br. The minimum absolute atomic E-state index is 0.425. The van der Waals surface area contributed by atoms with Crippen LogP contribution in [0.3, 0.4) is 0 Å². The van der Waals surface area contributed by atoms with Crippen molar-refractivity contribution < 1.29 is 0 Å². The first kappa shape index (κ1) is 12.8. The summed E-state index contributed by atoms with van der Waals surface area (Å²) in [5.74, 6) is 0.867. The maximum Gasteiger partial charge on any atom is 0.133 e. The molecule has 0 unspecified atom stereocenters. The Bertz CT molecular complexity index is 816. The van der Waals surface area contributed by atoms with Crippen molar-refractivity contribution in [1.82, 2.24) is 15.0 Å². The fraction of sp³-hybridized carbons (Fsp3) is 0.0714. The van der Waals surface area contributed by atoms with Crippen molar-refractivity contribution in [3.05, 3.63) is 40.8 Å². The fourth-order valence-electron chi connectivity index (χ4n) is 2.10. The van der Waals surface area contributed by atoms with Gasteiger partial charge in [-0.05, 0) is 40.5 Å². The summed E-state index contributed by atoms with van der Waals surface area (Å²) in [6.07, 6.45) is 5.16. The monoisotopic (exact) mass is 329 g/mol. The molecule has 0 aliphatic rings. The van der Waals surface area contributed by atoms with Gasteiger partial charge in [0, 0.05) is 34.9 Å². The van der Waals surface area contributed by atoms with E-state index < -0.39 is 0 Å². The third-order valence-electron chi connectivity index (χ3n) is 3.17. The van der Waals surface area contributed by atoms with E-state index in [9.17, 15) is 0 Å². The lowest BCUT2D eigenvalue weighted by molar-refractivity contribution is 1.25. The van der Waals surface area contributed by atoms with E-state index in [1.165, 1.54) is 0 Å². The van der Waals surface area contributed by atoms with Crippen LogP contribution >= 0.6 is 15.9 Å². The van der Waals surface area contributed by atoms with Gasteiger partial charge in [0.05, 0.1) is 10.2 Å². The second-order valence-corrected chi connectivity index (χ2v) is 5.30. The van der Waals surface area contributed by atoms with Crippen molar-refractivity contribution in [2.24, 2.45) is 0 Å². The van der Waals surface area contributed by atoms with Gasteiger partial charge >= 0.3 is 0 Å². The minimum Gasteiger partial charge on any atom is -0.384 e. The molecule has 0 radical (unpaired) electrons. The highest BCUT2D eigenvalue weighted by molar-refractivity contribution is 9.10. The molecular formula is C14H12BrN5. The summed E-state index contributed by atoms with van der Waals surface area (Å²) in [7, 11) is 0. The van der Waals surface area contributed by atoms with E-state index in [1.54, 1.807) is 24.7 Å². The number of rotatable bonds is 1. The molecule has 0 amide bonds. The van der Waals surface area contributed by atoms with Gasteiger partial charge in [-0.15, -0.1) is 0 Å². The number of fused-ring (bicyclic) bond motifs is 1. The molecule has 3 aromatic rings. The number of anilines is 2. The Hall–Kier alpha value is -2.21. The first-order valence-electron chi connectivity index (χ1n) is 5.99. The van der Waals surface area contributed by atoms with Gasteiger partial charge in [0.25, 0.3) is 0 Å². The second-order valence-electron chi connectivity index (χ2n) is 4.50. The molecule has 5 nitrogen and oxygen atoms in total. The summed E-state index contributed by atoms with van der Waals surface area (Å²) >= 11 is 3.59. The van der Waals surface area contributed by atoms with Gasteiger partial charge < -0.3 is 11.5 Å². The zero-order chi connectivity index (χ0) is 14.3. The molecule has 0 aromatic carbocycles. The van der Waals surface area contributed by atoms with Crippen molar-refractivity contribution in [1.29, 1.82) is 0 Å². The summed E-state index contributed by atoms with van der Waals surface area (Å²) < 4.78 is 0.840. The quantitative estimate of drug-likeness (QED) is 0.716. The number of nitrogens with two attached hydrogens (primary N) is 2. The van der Waals surface area contributed by atoms with E-state index >= 15 is 0 Å². The maximum atomic E-state index is 6.03. The van der Waals surface area contributed by atoms with Gasteiger partial charge in [-0.3, -0.25) is 4.98 Å². The van der Waals surface area contributed by atoms with Crippen molar-refractivity contribution in [2.75, 3.05) is 11.5 Å². The smallest absolute Gasteiger partial charge is 0.133 e. The van der Waals surface area contributed by atoms with Crippen LogP contribution in [0.25, 0.3) is 22.0 Å². The topological polar surface area (TPSA) is 90.7 Å². The van der Waals surface area contributed by atoms with Gasteiger partial charge in [0.1, 0.15) is 11.6 Å². The molecule has 0 atom stereocenters. The van der Waals surface area contributed by atoms with Crippen molar-refractivity contribution in [2.45, 2.75) is 6.92 Å². The van der Waals surface area contributed by atoms with Crippen molar-refractivity contribution in [3.8, 4) is 11.3 Å². The lowest BCUT2D eigenvalue weighted by atomic mass is 10.1. The molecule has 3 rings (SSSR count). The van der Waals surface area contributed by atoms with Crippen molar-refractivity contribution >= 4 is 38.3 Å². The summed E-state index contributed by atoms with van der Waals surface area (Å²) in [5.41, 5.74) is 14.6. The Labute approximate surface area is 124 Å². The van der Waals surface area contributed by atoms with Crippen LogP contribution in [-0.4, -0.2) is 15.0 Å². The zero-order valence-corrected chi connectivity index (χ0v) is 12.3.